The number of aliphatic hydroxyl groups is 1. The molecule has 37 heavy (non-hydrogen) atoms. The first-order valence-electron chi connectivity index (χ1n) is 12.8. The summed E-state index contributed by atoms with van der Waals surface area (Å²) in [6, 6.07) is 5.81. The van der Waals surface area contributed by atoms with Crippen molar-refractivity contribution in [2.24, 2.45) is 17.8 Å². The van der Waals surface area contributed by atoms with Crippen LogP contribution in [0.3, 0.4) is 0 Å². The van der Waals surface area contributed by atoms with Crippen LogP contribution in [-0.4, -0.2) is 84.5 Å². The molecular weight excluding hydrogens is 544 g/mol. The Balaban J connectivity index is 1.49. The van der Waals surface area contributed by atoms with Crippen LogP contribution in [0.1, 0.15) is 33.6 Å². The second-order valence-corrected chi connectivity index (χ2v) is 11.6. The third-order valence-electron chi connectivity index (χ3n) is 7.96. The molecule has 5 rings (SSSR count). The number of amides is 3. The highest BCUT2D eigenvalue weighted by Crippen LogP contribution is 2.60. The first-order chi connectivity index (χ1) is 17.7. The molecule has 7 atom stereocenters. The maximum atomic E-state index is 14.0. The SMILES string of the molecule is CCCNC(=O)[C@H]1[C@@H]2OC3(CC2Br)C(C(=O)NCn2nnc4ccccc42)N([C@@H](CO)C(C)C)C(=O)[C@H]13. The lowest BCUT2D eigenvalue weighted by Gasteiger charge is -2.38. The number of carbonyl (C=O) groups is 3. The fourth-order valence-electron chi connectivity index (χ4n) is 6.29. The van der Waals surface area contributed by atoms with Gasteiger partial charge in [-0.1, -0.05) is 54.0 Å². The molecule has 1 aromatic heterocycles. The van der Waals surface area contributed by atoms with Gasteiger partial charge < -0.3 is 25.4 Å². The normalized spacial score (nSPS) is 31.2. The molecule has 1 aromatic carbocycles. The van der Waals surface area contributed by atoms with Crippen molar-refractivity contribution in [2.75, 3.05) is 13.2 Å². The molecule has 4 heterocycles. The largest absolute Gasteiger partial charge is 0.394 e. The highest BCUT2D eigenvalue weighted by Gasteiger charge is 2.77. The van der Waals surface area contributed by atoms with Crippen molar-refractivity contribution in [1.29, 1.82) is 0 Å². The van der Waals surface area contributed by atoms with E-state index in [0.717, 1.165) is 11.9 Å². The monoisotopic (exact) mass is 576 g/mol. The van der Waals surface area contributed by atoms with Crippen molar-refractivity contribution in [1.82, 2.24) is 30.5 Å². The molecule has 0 aliphatic carbocycles. The van der Waals surface area contributed by atoms with Crippen molar-refractivity contribution < 1.29 is 24.2 Å². The van der Waals surface area contributed by atoms with Gasteiger partial charge in [0.25, 0.3) is 0 Å². The van der Waals surface area contributed by atoms with E-state index in [1.54, 1.807) is 4.68 Å². The molecule has 2 bridgehead atoms. The maximum absolute atomic E-state index is 14.0. The molecule has 200 valence electrons. The van der Waals surface area contributed by atoms with Crippen LogP contribution in [-0.2, 0) is 25.8 Å². The second kappa shape index (κ2) is 9.95. The van der Waals surface area contributed by atoms with E-state index in [2.05, 4.69) is 36.9 Å². The fraction of sp³-hybridized carbons (Fsp3) is 0.640. The van der Waals surface area contributed by atoms with Gasteiger partial charge in [0.1, 0.15) is 23.8 Å². The number of nitrogens with one attached hydrogen (secondary N) is 2. The number of aliphatic hydroxyl groups excluding tert-OH is 1. The number of aromatic nitrogens is 3. The summed E-state index contributed by atoms with van der Waals surface area (Å²) in [6.07, 6.45) is 0.650. The average molecular weight is 577 g/mol. The van der Waals surface area contributed by atoms with E-state index in [0.29, 0.717) is 18.5 Å². The lowest BCUT2D eigenvalue weighted by molar-refractivity contribution is -0.147. The van der Waals surface area contributed by atoms with Gasteiger partial charge in [0.15, 0.2) is 0 Å². The summed E-state index contributed by atoms with van der Waals surface area (Å²) in [5, 5.41) is 24.4. The summed E-state index contributed by atoms with van der Waals surface area (Å²) in [4.78, 5) is 42.5. The summed E-state index contributed by atoms with van der Waals surface area (Å²) in [5.41, 5.74) is 0.287. The van der Waals surface area contributed by atoms with Crippen LogP contribution < -0.4 is 10.6 Å². The number of carbonyl (C=O) groups excluding carboxylic acids is 3. The van der Waals surface area contributed by atoms with Crippen LogP contribution in [0, 0.1) is 17.8 Å². The zero-order valence-corrected chi connectivity index (χ0v) is 22.7. The Morgan fingerprint density at radius 1 is 1.27 bits per heavy atom. The number of ether oxygens (including phenoxy) is 1. The topological polar surface area (TPSA) is 139 Å². The molecule has 2 aromatic rings. The van der Waals surface area contributed by atoms with Gasteiger partial charge in [0, 0.05) is 11.4 Å². The average Bonchev–Trinajstić information content (AvgIpc) is 3.59. The number of halogens is 1. The Kier molecular flexibility index (Phi) is 7.01. The Bertz CT molecular complexity index is 1210. The van der Waals surface area contributed by atoms with Gasteiger partial charge in [-0.05, 0) is 30.9 Å². The van der Waals surface area contributed by atoms with E-state index < -0.39 is 41.5 Å². The van der Waals surface area contributed by atoms with Crippen LogP contribution in [0.5, 0.6) is 0 Å². The molecule has 3 aliphatic heterocycles. The van der Waals surface area contributed by atoms with Gasteiger partial charge in [0.2, 0.25) is 17.7 Å². The minimum absolute atomic E-state index is 0.0473. The zero-order chi connectivity index (χ0) is 26.5. The lowest BCUT2D eigenvalue weighted by Crippen LogP contribution is -2.59. The molecule has 3 unspecified atom stereocenters. The first kappa shape index (κ1) is 26.1. The Hall–Kier alpha value is -2.57. The van der Waals surface area contributed by atoms with Crippen molar-refractivity contribution in [3.05, 3.63) is 24.3 Å². The second-order valence-electron chi connectivity index (χ2n) is 10.5. The molecule has 3 aliphatic rings. The van der Waals surface area contributed by atoms with Gasteiger partial charge >= 0.3 is 0 Å². The van der Waals surface area contributed by atoms with Crippen LogP contribution >= 0.6 is 15.9 Å². The number of alkyl halides is 1. The Morgan fingerprint density at radius 2 is 2.03 bits per heavy atom. The quantitative estimate of drug-likeness (QED) is 0.375. The number of nitrogens with zero attached hydrogens (tertiary/aromatic N) is 4. The van der Waals surface area contributed by atoms with Gasteiger partial charge in [-0.3, -0.25) is 14.4 Å². The molecule has 12 heteroatoms. The molecule has 3 saturated heterocycles. The fourth-order valence-corrected chi connectivity index (χ4v) is 7.24. The summed E-state index contributed by atoms with van der Waals surface area (Å²) in [7, 11) is 0. The van der Waals surface area contributed by atoms with Gasteiger partial charge in [-0.25, -0.2) is 4.68 Å². The molecule has 1 spiro atoms. The van der Waals surface area contributed by atoms with E-state index in [1.807, 2.05) is 45.0 Å². The number of fused-ring (bicyclic) bond motifs is 2. The van der Waals surface area contributed by atoms with E-state index in [-0.39, 0.29) is 35.8 Å². The van der Waals surface area contributed by atoms with E-state index >= 15 is 0 Å². The molecular formula is C25H33BrN6O5. The van der Waals surface area contributed by atoms with Crippen LogP contribution in [0.25, 0.3) is 11.0 Å². The van der Waals surface area contributed by atoms with Crippen molar-refractivity contribution >= 4 is 44.7 Å². The zero-order valence-electron chi connectivity index (χ0n) is 21.1. The number of likely N-dealkylation sites (tertiary alicyclic amines) is 1. The van der Waals surface area contributed by atoms with Crippen molar-refractivity contribution in [3.63, 3.8) is 0 Å². The van der Waals surface area contributed by atoms with Crippen molar-refractivity contribution in [3.8, 4) is 0 Å². The highest BCUT2D eigenvalue weighted by molar-refractivity contribution is 9.09. The van der Waals surface area contributed by atoms with Crippen LogP contribution in [0.4, 0.5) is 0 Å². The number of benzene rings is 1. The number of hydrogen-bond acceptors (Lipinski definition) is 7. The van der Waals surface area contributed by atoms with Gasteiger partial charge in [-0.15, -0.1) is 5.10 Å². The summed E-state index contributed by atoms with van der Waals surface area (Å²) < 4.78 is 8.06. The number of hydrogen-bond donors (Lipinski definition) is 3. The smallest absolute Gasteiger partial charge is 0.247 e. The summed E-state index contributed by atoms with van der Waals surface area (Å²) >= 11 is 3.66. The first-order valence-corrected chi connectivity index (χ1v) is 13.7. The van der Waals surface area contributed by atoms with Crippen molar-refractivity contribution in [2.45, 2.75) is 68.9 Å². The molecule has 0 radical (unpaired) electrons. The predicted octanol–water partition coefficient (Wildman–Crippen LogP) is 0.796. The lowest BCUT2D eigenvalue weighted by atomic mass is 9.70. The third-order valence-corrected chi connectivity index (χ3v) is 8.81. The minimum atomic E-state index is -1.18. The molecule has 3 amide bonds. The third kappa shape index (κ3) is 4.04. The number of para-hydroxylation sites is 1. The maximum Gasteiger partial charge on any atom is 0.247 e. The van der Waals surface area contributed by atoms with Crippen LogP contribution in [0.15, 0.2) is 24.3 Å². The molecule has 3 fully saturated rings. The Morgan fingerprint density at radius 3 is 2.73 bits per heavy atom. The Labute approximate surface area is 223 Å². The highest BCUT2D eigenvalue weighted by atomic mass is 79.9. The summed E-state index contributed by atoms with van der Waals surface area (Å²) in [5.74, 6) is -2.62. The van der Waals surface area contributed by atoms with E-state index in [1.165, 1.54) is 4.90 Å². The standard InChI is InChI=1S/C25H33BrN6O5/c1-4-9-27-22(34)18-19-24(36)32(17(11-33)13(2)3)21(25(19)10-14(26)20(18)37-25)23(35)28-12-31-16-8-6-5-7-15(16)29-30-31/h5-8,13-14,17-21,33H,4,9-12H2,1-3H3,(H,27,34)(H,28,35)/t14?,17-,18+,19-,20+,21?,25?/m0/s1. The van der Waals surface area contributed by atoms with Gasteiger partial charge in [-0.2, -0.15) is 0 Å². The van der Waals surface area contributed by atoms with E-state index in [9.17, 15) is 19.5 Å². The predicted molar refractivity (Wildman–Crippen MR) is 137 cm³/mol. The number of rotatable bonds is 9. The van der Waals surface area contributed by atoms with E-state index in [4.69, 9.17) is 4.74 Å². The molecule has 11 nitrogen and oxygen atoms in total. The minimum Gasteiger partial charge on any atom is -0.394 e. The van der Waals surface area contributed by atoms with Crippen LogP contribution in [0.2, 0.25) is 0 Å². The summed E-state index contributed by atoms with van der Waals surface area (Å²) in [6.45, 7) is 5.99. The molecule has 3 N–H and O–H groups in total. The van der Waals surface area contributed by atoms with Gasteiger partial charge in [0.05, 0.1) is 36.1 Å². The molecule has 0 saturated carbocycles.